The van der Waals surface area contributed by atoms with Crippen molar-refractivity contribution in [3.05, 3.63) is 22.1 Å². The maximum Gasteiger partial charge on any atom is 0.179 e. The van der Waals surface area contributed by atoms with Gasteiger partial charge in [-0.25, -0.2) is 4.98 Å². The van der Waals surface area contributed by atoms with Crippen molar-refractivity contribution < 1.29 is 0 Å². The highest BCUT2D eigenvalue weighted by molar-refractivity contribution is 7.71. The number of imidazole rings is 1. The van der Waals surface area contributed by atoms with Crippen LogP contribution in [0.15, 0.2) is 12.3 Å². The number of nitrogens with one attached hydrogen (secondary N) is 1. The van der Waals surface area contributed by atoms with Crippen LogP contribution in [0.25, 0.3) is 11.2 Å². The number of aromatic amines is 1. The molecule has 5 heteroatoms. The van der Waals surface area contributed by atoms with Crippen LogP contribution in [0.4, 0.5) is 0 Å². The van der Waals surface area contributed by atoms with E-state index in [9.17, 15) is 0 Å². The van der Waals surface area contributed by atoms with Crippen molar-refractivity contribution in [2.75, 3.05) is 0 Å². The lowest BCUT2D eigenvalue weighted by atomic mass is 9.89. The minimum absolute atomic E-state index is 0.642. The molecule has 1 fully saturated rings. The van der Waals surface area contributed by atoms with E-state index in [-0.39, 0.29) is 0 Å². The molecule has 0 amide bonds. The van der Waals surface area contributed by atoms with Gasteiger partial charge in [0.2, 0.25) is 0 Å². The average Bonchev–Trinajstić information content (AvgIpc) is 2.66. The van der Waals surface area contributed by atoms with Crippen LogP contribution < -0.4 is 0 Å². The van der Waals surface area contributed by atoms with Crippen LogP contribution in [0.5, 0.6) is 0 Å². The van der Waals surface area contributed by atoms with Gasteiger partial charge in [-0.15, -0.1) is 0 Å². The maximum atomic E-state index is 5.95. The Bertz CT molecular complexity index is 610. The van der Waals surface area contributed by atoms with Crippen LogP contribution in [0.1, 0.15) is 32.1 Å². The topological polar surface area (TPSA) is 33.6 Å². The quantitative estimate of drug-likeness (QED) is 0.832. The Labute approximate surface area is 116 Å². The Morgan fingerprint density at radius 1 is 1.39 bits per heavy atom. The number of halogens is 1. The molecule has 96 valence electrons. The monoisotopic (exact) mass is 281 g/mol. The predicted octanol–water partition coefficient (Wildman–Crippen LogP) is 4.33. The minimum Gasteiger partial charge on any atom is -0.329 e. The van der Waals surface area contributed by atoms with Crippen LogP contribution in [0.2, 0.25) is 5.02 Å². The molecule has 0 spiro atoms. The second-order valence-electron chi connectivity index (χ2n) is 5.07. The second kappa shape index (κ2) is 5.02. The van der Waals surface area contributed by atoms with E-state index in [1.54, 1.807) is 6.20 Å². The molecule has 0 unspecified atom stereocenters. The summed E-state index contributed by atoms with van der Waals surface area (Å²) < 4.78 is 2.88. The second-order valence-corrected chi connectivity index (χ2v) is 5.89. The summed E-state index contributed by atoms with van der Waals surface area (Å²) in [5, 5.41) is 0.642. The molecule has 0 bridgehead atoms. The SMILES string of the molecule is S=c1[nH]c2cc(Cl)cnc2n1CC1CCCCC1. The molecule has 1 aliphatic rings. The Balaban J connectivity index is 1.95. The van der Waals surface area contributed by atoms with Crippen molar-refractivity contribution in [2.24, 2.45) is 5.92 Å². The first kappa shape index (κ1) is 12.2. The van der Waals surface area contributed by atoms with Crippen LogP contribution in [0.3, 0.4) is 0 Å². The maximum absolute atomic E-state index is 5.95. The van der Waals surface area contributed by atoms with Crippen molar-refractivity contribution in [3.63, 3.8) is 0 Å². The number of pyridine rings is 1. The highest BCUT2D eigenvalue weighted by Gasteiger charge is 2.16. The largest absolute Gasteiger partial charge is 0.329 e. The average molecular weight is 282 g/mol. The van der Waals surface area contributed by atoms with Crippen LogP contribution >= 0.6 is 23.8 Å². The molecule has 0 atom stereocenters. The summed E-state index contributed by atoms with van der Waals surface area (Å²) >= 11 is 11.3. The first-order valence-electron chi connectivity index (χ1n) is 6.48. The molecule has 2 aromatic rings. The van der Waals surface area contributed by atoms with Gasteiger partial charge in [-0.2, -0.15) is 0 Å². The molecule has 0 saturated heterocycles. The number of rotatable bonds is 2. The fraction of sp³-hybridized carbons (Fsp3) is 0.538. The molecule has 2 aromatic heterocycles. The lowest BCUT2D eigenvalue weighted by Crippen LogP contribution is -2.14. The van der Waals surface area contributed by atoms with Crippen LogP contribution in [-0.4, -0.2) is 14.5 Å². The van der Waals surface area contributed by atoms with Gasteiger partial charge in [0.25, 0.3) is 0 Å². The third-order valence-electron chi connectivity index (χ3n) is 3.74. The van der Waals surface area contributed by atoms with Crippen molar-refractivity contribution in [3.8, 4) is 0 Å². The number of fused-ring (bicyclic) bond motifs is 1. The fourth-order valence-corrected chi connectivity index (χ4v) is 3.24. The number of hydrogen-bond donors (Lipinski definition) is 1. The lowest BCUT2D eigenvalue weighted by molar-refractivity contribution is 0.320. The van der Waals surface area contributed by atoms with E-state index in [1.807, 2.05) is 6.07 Å². The molecular formula is C13H16ClN3S. The van der Waals surface area contributed by atoms with Gasteiger partial charge in [-0.05, 0) is 37.0 Å². The molecule has 2 heterocycles. The summed E-state index contributed by atoms with van der Waals surface area (Å²) in [7, 11) is 0. The first-order chi connectivity index (χ1) is 8.74. The summed E-state index contributed by atoms with van der Waals surface area (Å²) in [4.78, 5) is 7.59. The normalized spacial score (nSPS) is 17.4. The van der Waals surface area contributed by atoms with Gasteiger partial charge >= 0.3 is 0 Å². The number of H-pyrrole nitrogens is 1. The van der Waals surface area contributed by atoms with Gasteiger partial charge < -0.3 is 9.55 Å². The zero-order valence-corrected chi connectivity index (χ0v) is 11.7. The summed E-state index contributed by atoms with van der Waals surface area (Å²) in [5.74, 6) is 0.738. The molecule has 1 aliphatic carbocycles. The highest BCUT2D eigenvalue weighted by Crippen LogP contribution is 2.26. The van der Waals surface area contributed by atoms with E-state index in [4.69, 9.17) is 23.8 Å². The van der Waals surface area contributed by atoms with E-state index in [0.717, 1.165) is 28.4 Å². The Morgan fingerprint density at radius 2 is 2.17 bits per heavy atom. The van der Waals surface area contributed by atoms with Crippen LogP contribution in [-0.2, 0) is 6.54 Å². The van der Waals surface area contributed by atoms with Crippen molar-refractivity contribution >= 4 is 35.0 Å². The third-order valence-corrected chi connectivity index (χ3v) is 4.27. The third kappa shape index (κ3) is 2.31. The first-order valence-corrected chi connectivity index (χ1v) is 7.27. The van der Waals surface area contributed by atoms with Gasteiger partial charge in [-0.1, -0.05) is 30.9 Å². The number of hydrogen-bond acceptors (Lipinski definition) is 2. The Kier molecular flexibility index (Phi) is 3.39. The van der Waals surface area contributed by atoms with Crippen molar-refractivity contribution in [1.82, 2.24) is 14.5 Å². The summed E-state index contributed by atoms with van der Waals surface area (Å²) in [6, 6.07) is 1.89. The molecule has 0 radical (unpaired) electrons. The number of aromatic nitrogens is 3. The van der Waals surface area contributed by atoms with Crippen molar-refractivity contribution in [1.29, 1.82) is 0 Å². The summed E-state index contributed by atoms with van der Waals surface area (Å²) in [5.41, 5.74) is 1.86. The molecule has 3 rings (SSSR count). The van der Waals surface area contributed by atoms with Gasteiger partial charge in [0, 0.05) is 12.7 Å². The number of nitrogens with zero attached hydrogens (tertiary/aromatic N) is 2. The van der Waals surface area contributed by atoms with Crippen molar-refractivity contribution in [2.45, 2.75) is 38.6 Å². The Hall–Kier alpha value is -0.870. The smallest absolute Gasteiger partial charge is 0.179 e. The van der Waals surface area contributed by atoms with E-state index >= 15 is 0 Å². The van der Waals surface area contributed by atoms with Crippen LogP contribution in [0, 0.1) is 10.7 Å². The molecular weight excluding hydrogens is 266 g/mol. The van der Waals surface area contributed by atoms with E-state index < -0.39 is 0 Å². The van der Waals surface area contributed by atoms with Gasteiger partial charge in [0.1, 0.15) is 0 Å². The molecule has 18 heavy (non-hydrogen) atoms. The Morgan fingerprint density at radius 3 is 2.94 bits per heavy atom. The predicted molar refractivity (Wildman–Crippen MR) is 76.5 cm³/mol. The molecule has 1 saturated carbocycles. The lowest BCUT2D eigenvalue weighted by Gasteiger charge is -2.21. The zero-order valence-electron chi connectivity index (χ0n) is 10.2. The summed E-state index contributed by atoms with van der Waals surface area (Å²) in [6.45, 7) is 0.980. The van der Waals surface area contributed by atoms with Gasteiger partial charge in [0.05, 0.1) is 10.5 Å². The highest BCUT2D eigenvalue weighted by atomic mass is 35.5. The summed E-state index contributed by atoms with van der Waals surface area (Å²) in [6.07, 6.45) is 8.37. The molecule has 3 nitrogen and oxygen atoms in total. The van der Waals surface area contributed by atoms with E-state index in [0.29, 0.717) is 5.02 Å². The van der Waals surface area contributed by atoms with Gasteiger partial charge in [0.15, 0.2) is 10.4 Å². The van der Waals surface area contributed by atoms with E-state index in [1.165, 1.54) is 32.1 Å². The molecule has 1 N–H and O–H groups in total. The van der Waals surface area contributed by atoms with E-state index in [2.05, 4.69) is 14.5 Å². The standard InChI is InChI=1S/C13H16ClN3S/c14-10-6-11-12(15-7-10)17(13(18)16-11)8-9-4-2-1-3-5-9/h6-7,9H,1-5,8H2,(H,16,18). The zero-order chi connectivity index (χ0) is 12.5. The van der Waals surface area contributed by atoms with Gasteiger partial charge in [-0.3, -0.25) is 0 Å². The molecule has 0 aromatic carbocycles. The molecule has 0 aliphatic heterocycles. The fourth-order valence-electron chi connectivity index (χ4n) is 2.82. The minimum atomic E-state index is 0.642.